The molecule has 188 valence electrons. The Morgan fingerprint density at radius 3 is 2.54 bits per heavy atom. The SMILES string of the molecule is COC(=O)C(Cc1ccc(O)cc1)NC(=O)c1cc(C(=O)O)c2cc(C3=CCC=C(F)C=C3)ccc2n1. The maximum absolute atomic E-state index is 13.6. The first kappa shape index (κ1) is 25.3. The number of aromatic nitrogens is 1. The van der Waals surface area contributed by atoms with Crippen LogP contribution in [0.15, 0.2) is 78.7 Å². The van der Waals surface area contributed by atoms with Gasteiger partial charge in [-0.3, -0.25) is 4.79 Å². The minimum Gasteiger partial charge on any atom is -0.508 e. The van der Waals surface area contributed by atoms with E-state index in [1.165, 1.54) is 31.4 Å². The highest BCUT2D eigenvalue weighted by Crippen LogP contribution is 2.27. The molecule has 9 heteroatoms. The van der Waals surface area contributed by atoms with Gasteiger partial charge >= 0.3 is 11.9 Å². The molecule has 4 rings (SSSR count). The number of nitrogens with zero attached hydrogens (tertiary/aromatic N) is 1. The van der Waals surface area contributed by atoms with Gasteiger partial charge in [0.05, 0.1) is 18.2 Å². The van der Waals surface area contributed by atoms with Crippen molar-refractivity contribution in [3.63, 3.8) is 0 Å². The second-order valence-electron chi connectivity index (χ2n) is 8.33. The van der Waals surface area contributed by atoms with Crippen molar-refractivity contribution in [3.05, 3.63) is 101 Å². The van der Waals surface area contributed by atoms with E-state index in [0.717, 1.165) is 11.6 Å². The molecule has 1 atom stereocenters. The number of methoxy groups -OCH3 is 1. The predicted octanol–water partition coefficient (Wildman–Crippen LogP) is 4.35. The van der Waals surface area contributed by atoms with Crippen molar-refractivity contribution in [3.8, 4) is 5.75 Å². The number of phenols is 1. The molecule has 1 heterocycles. The van der Waals surface area contributed by atoms with Gasteiger partial charge in [0.25, 0.3) is 5.91 Å². The number of carboxylic acid groups (broad SMARTS) is 1. The Kier molecular flexibility index (Phi) is 7.43. The minimum absolute atomic E-state index is 0.0577. The van der Waals surface area contributed by atoms with Crippen molar-refractivity contribution in [2.75, 3.05) is 7.11 Å². The summed E-state index contributed by atoms with van der Waals surface area (Å²) >= 11 is 0. The number of carbonyl (C=O) groups is 3. The van der Waals surface area contributed by atoms with Crippen LogP contribution in [0, 0.1) is 0 Å². The number of rotatable bonds is 7. The third kappa shape index (κ3) is 5.90. The molecule has 0 aliphatic heterocycles. The number of benzene rings is 2. The van der Waals surface area contributed by atoms with Crippen LogP contribution in [0.3, 0.4) is 0 Å². The number of hydrogen-bond donors (Lipinski definition) is 3. The Morgan fingerprint density at radius 2 is 1.84 bits per heavy atom. The summed E-state index contributed by atoms with van der Waals surface area (Å²) in [5, 5.41) is 22.2. The van der Waals surface area contributed by atoms with E-state index in [-0.39, 0.29) is 34.8 Å². The van der Waals surface area contributed by atoms with Gasteiger partial charge in [-0.15, -0.1) is 0 Å². The molecular weight excluding hydrogens is 479 g/mol. The normalized spacial score (nSPS) is 13.8. The number of phenolic OH excluding ortho intramolecular Hbond substituents is 1. The highest BCUT2D eigenvalue weighted by atomic mass is 19.1. The number of carboxylic acids is 1. The van der Waals surface area contributed by atoms with Gasteiger partial charge in [-0.05, 0) is 65.6 Å². The lowest BCUT2D eigenvalue weighted by Crippen LogP contribution is -2.43. The number of pyridine rings is 1. The van der Waals surface area contributed by atoms with Crippen LogP contribution in [0.2, 0.25) is 0 Å². The van der Waals surface area contributed by atoms with Gasteiger partial charge in [-0.25, -0.2) is 19.0 Å². The first-order chi connectivity index (χ1) is 17.7. The topological polar surface area (TPSA) is 126 Å². The fourth-order valence-electron chi connectivity index (χ4n) is 3.95. The molecule has 2 aromatic carbocycles. The first-order valence-corrected chi connectivity index (χ1v) is 11.3. The highest BCUT2D eigenvalue weighted by Gasteiger charge is 2.25. The largest absolute Gasteiger partial charge is 0.508 e. The number of aromatic hydroxyl groups is 1. The average Bonchev–Trinajstić information content (AvgIpc) is 3.12. The summed E-state index contributed by atoms with van der Waals surface area (Å²) in [7, 11) is 1.19. The molecule has 37 heavy (non-hydrogen) atoms. The van der Waals surface area contributed by atoms with Crippen LogP contribution in [-0.4, -0.2) is 46.2 Å². The Bertz CT molecular complexity index is 1470. The molecule has 0 saturated carbocycles. The molecule has 3 aromatic rings. The molecule has 0 saturated heterocycles. The molecule has 0 bridgehead atoms. The van der Waals surface area contributed by atoms with E-state index in [2.05, 4.69) is 10.3 Å². The fourth-order valence-corrected chi connectivity index (χ4v) is 3.95. The zero-order chi connectivity index (χ0) is 26.5. The molecule has 0 radical (unpaired) electrons. The molecule has 0 spiro atoms. The predicted molar refractivity (Wildman–Crippen MR) is 135 cm³/mol. The van der Waals surface area contributed by atoms with Crippen molar-refractivity contribution >= 4 is 34.3 Å². The molecule has 1 aliphatic rings. The van der Waals surface area contributed by atoms with Crippen molar-refractivity contribution in [2.24, 2.45) is 0 Å². The third-order valence-electron chi connectivity index (χ3n) is 5.84. The van der Waals surface area contributed by atoms with Gasteiger partial charge in [0.15, 0.2) is 0 Å². The Labute approximate surface area is 211 Å². The number of halogens is 1. The molecular formula is C28H23FN2O6. The van der Waals surface area contributed by atoms with Gasteiger partial charge in [0.1, 0.15) is 23.3 Å². The standard InChI is InChI=1S/C28H23FN2O6/c1-37-28(36)25(13-16-5-10-20(32)11-6-16)31-26(33)24-15-22(27(34)35)21-14-18(8-12-23(21)30-24)17-3-2-4-19(29)9-7-17/h3-12,14-15,25,32H,2,13H2,1H3,(H,31,33)(H,34,35). The van der Waals surface area contributed by atoms with Gasteiger partial charge in [0, 0.05) is 11.8 Å². The van der Waals surface area contributed by atoms with Crippen LogP contribution in [0.25, 0.3) is 16.5 Å². The third-order valence-corrected chi connectivity index (χ3v) is 5.84. The van der Waals surface area contributed by atoms with Gasteiger partial charge in [0.2, 0.25) is 0 Å². The van der Waals surface area contributed by atoms with E-state index in [4.69, 9.17) is 4.74 Å². The van der Waals surface area contributed by atoms with Gasteiger partial charge in [-0.1, -0.05) is 30.4 Å². The van der Waals surface area contributed by atoms with E-state index >= 15 is 0 Å². The molecule has 1 aromatic heterocycles. The number of amides is 1. The summed E-state index contributed by atoms with van der Waals surface area (Å²) in [6, 6.07) is 11.1. The number of esters is 1. The van der Waals surface area contributed by atoms with E-state index < -0.39 is 23.9 Å². The van der Waals surface area contributed by atoms with Gasteiger partial charge < -0.3 is 20.3 Å². The van der Waals surface area contributed by atoms with Crippen molar-refractivity contribution < 1.29 is 33.7 Å². The number of aromatic carboxylic acids is 1. The van der Waals surface area contributed by atoms with Crippen LogP contribution in [0.5, 0.6) is 5.75 Å². The number of nitrogens with one attached hydrogen (secondary N) is 1. The summed E-state index contributed by atoms with van der Waals surface area (Å²) in [5.74, 6) is -3.00. The monoisotopic (exact) mass is 502 g/mol. The number of fused-ring (bicyclic) bond motifs is 1. The van der Waals surface area contributed by atoms with Crippen molar-refractivity contribution in [2.45, 2.75) is 18.9 Å². The van der Waals surface area contributed by atoms with E-state index in [1.54, 1.807) is 36.4 Å². The summed E-state index contributed by atoms with van der Waals surface area (Å²) in [5.41, 5.74) is 2.00. The quantitative estimate of drug-likeness (QED) is 0.410. The molecule has 1 unspecified atom stereocenters. The average molecular weight is 502 g/mol. The van der Waals surface area contributed by atoms with Crippen molar-refractivity contribution in [1.82, 2.24) is 10.3 Å². The minimum atomic E-state index is -1.26. The number of hydrogen-bond acceptors (Lipinski definition) is 6. The van der Waals surface area contributed by atoms with Crippen LogP contribution in [-0.2, 0) is 16.0 Å². The Hall–Kier alpha value is -4.79. The molecule has 1 aliphatic carbocycles. The summed E-state index contributed by atoms with van der Waals surface area (Å²) in [6.07, 6.45) is 6.67. The molecule has 8 nitrogen and oxygen atoms in total. The fraction of sp³-hybridized carbons (Fsp3) is 0.143. The smallest absolute Gasteiger partial charge is 0.336 e. The van der Waals surface area contributed by atoms with Crippen LogP contribution < -0.4 is 5.32 Å². The van der Waals surface area contributed by atoms with E-state index in [9.17, 15) is 29.0 Å². The summed E-state index contributed by atoms with van der Waals surface area (Å²) in [4.78, 5) is 41.8. The zero-order valence-corrected chi connectivity index (χ0v) is 19.8. The molecule has 1 amide bonds. The van der Waals surface area contributed by atoms with E-state index in [1.807, 2.05) is 6.08 Å². The van der Waals surface area contributed by atoms with Crippen LogP contribution in [0.1, 0.15) is 38.4 Å². The Morgan fingerprint density at radius 1 is 1.08 bits per heavy atom. The number of allylic oxidation sites excluding steroid dienone is 6. The first-order valence-electron chi connectivity index (χ1n) is 11.3. The van der Waals surface area contributed by atoms with E-state index in [0.29, 0.717) is 22.9 Å². The van der Waals surface area contributed by atoms with Crippen LogP contribution >= 0.6 is 0 Å². The second-order valence-corrected chi connectivity index (χ2v) is 8.33. The molecule has 3 N–H and O–H groups in total. The van der Waals surface area contributed by atoms with Gasteiger partial charge in [-0.2, -0.15) is 0 Å². The second kappa shape index (κ2) is 10.9. The lowest BCUT2D eigenvalue weighted by molar-refractivity contribution is -0.142. The van der Waals surface area contributed by atoms with Crippen LogP contribution in [0.4, 0.5) is 4.39 Å². The maximum atomic E-state index is 13.6. The summed E-state index contributed by atoms with van der Waals surface area (Å²) < 4.78 is 18.4. The lowest BCUT2D eigenvalue weighted by Gasteiger charge is -2.17. The number of ether oxygens (including phenoxy) is 1. The lowest BCUT2D eigenvalue weighted by atomic mass is 9.99. The zero-order valence-electron chi connectivity index (χ0n) is 19.8. The number of carbonyl (C=O) groups excluding carboxylic acids is 2. The van der Waals surface area contributed by atoms with Crippen molar-refractivity contribution in [1.29, 1.82) is 0 Å². The Balaban J connectivity index is 1.65. The maximum Gasteiger partial charge on any atom is 0.336 e. The highest BCUT2D eigenvalue weighted by molar-refractivity contribution is 6.07. The molecule has 0 fully saturated rings. The summed E-state index contributed by atoms with van der Waals surface area (Å²) in [6.45, 7) is 0.